The van der Waals surface area contributed by atoms with E-state index in [1.54, 1.807) is 11.3 Å². The number of nitrogens with zero attached hydrogens (tertiary/aromatic N) is 2. The lowest BCUT2D eigenvalue weighted by molar-refractivity contribution is 0.547. The van der Waals surface area contributed by atoms with Gasteiger partial charge in [-0.15, -0.1) is 11.3 Å². The molecule has 2 aromatic heterocycles. The molecule has 1 atom stereocenters. The Labute approximate surface area is 126 Å². The van der Waals surface area contributed by atoms with Crippen molar-refractivity contribution in [3.8, 4) is 0 Å². The molecule has 0 aliphatic carbocycles. The van der Waals surface area contributed by atoms with E-state index in [0.29, 0.717) is 0 Å². The van der Waals surface area contributed by atoms with Crippen LogP contribution < -0.4 is 11.3 Å². The Kier molecular flexibility index (Phi) is 3.76. The number of aryl methyl sites for hydroxylation is 1. The zero-order valence-electron chi connectivity index (χ0n) is 11.0. The molecule has 4 nitrogen and oxygen atoms in total. The highest BCUT2D eigenvalue weighted by Crippen LogP contribution is 2.24. The molecule has 0 radical (unpaired) electrons. The molecule has 0 fully saturated rings. The first-order chi connectivity index (χ1) is 9.67. The zero-order chi connectivity index (χ0) is 14.1. The SMILES string of the molecule is Cc1ccc(C(Cc2cn3ccsc3n2)NN)cc1Cl. The van der Waals surface area contributed by atoms with E-state index in [9.17, 15) is 0 Å². The third kappa shape index (κ3) is 2.58. The predicted molar refractivity (Wildman–Crippen MR) is 83.0 cm³/mol. The van der Waals surface area contributed by atoms with Crippen molar-refractivity contribution in [2.75, 3.05) is 0 Å². The van der Waals surface area contributed by atoms with Crippen LogP contribution in [0.2, 0.25) is 5.02 Å². The summed E-state index contributed by atoms with van der Waals surface area (Å²) < 4.78 is 2.02. The van der Waals surface area contributed by atoms with Crippen LogP contribution in [0.4, 0.5) is 0 Å². The third-order valence-electron chi connectivity index (χ3n) is 3.36. The van der Waals surface area contributed by atoms with E-state index in [4.69, 9.17) is 17.4 Å². The van der Waals surface area contributed by atoms with E-state index in [-0.39, 0.29) is 6.04 Å². The van der Waals surface area contributed by atoms with Gasteiger partial charge in [0, 0.05) is 29.2 Å². The summed E-state index contributed by atoms with van der Waals surface area (Å²) in [6, 6.07) is 6.01. The Hall–Kier alpha value is -1.40. The molecule has 20 heavy (non-hydrogen) atoms. The van der Waals surface area contributed by atoms with E-state index < -0.39 is 0 Å². The van der Waals surface area contributed by atoms with E-state index in [1.165, 1.54) is 0 Å². The summed E-state index contributed by atoms with van der Waals surface area (Å²) in [6.45, 7) is 1.99. The van der Waals surface area contributed by atoms with E-state index in [2.05, 4.69) is 10.4 Å². The van der Waals surface area contributed by atoms with Crippen molar-refractivity contribution in [2.45, 2.75) is 19.4 Å². The lowest BCUT2D eigenvalue weighted by atomic mass is 10.0. The summed E-state index contributed by atoms with van der Waals surface area (Å²) in [4.78, 5) is 5.58. The lowest BCUT2D eigenvalue weighted by Gasteiger charge is -2.16. The van der Waals surface area contributed by atoms with Gasteiger partial charge in [-0.2, -0.15) is 0 Å². The highest BCUT2D eigenvalue weighted by Gasteiger charge is 2.14. The van der Waals surface area contributed by atoms with Gasteiger partial charge in [-0.3, -0.25) is 15.7 Å². The zero-order valence-corrected chi connectivity index (χ0v) is 12.6. The number of imidazole rings is 1. The first-order valence-corrected chi connectivity index (χ1v) is 7.56. The molecule has 104 valence electrons. The van der Waals surface area contributed by atoms with Crippen molar-refractivity contribution in [3.63, 3.8) is 0 Å². The average Bonchev–Trinajstić information content (AvgIpc) is 3.00. The van der Waals surface area contributed by atoms with Gasteiger partial charge >= 0.3 is 0 Å². The first kappa shape index (κ1) is 13.6. The van der Waals surface area contributed by atoms with E-state index in [1.807, 2.05) is 47.3 Å². The second-order valence-corrected chi connectivity index (χ2v) is 6.04. The molecule has 0 aliphatic heterocycles. The van der Waals surface area contributed by atoms with Gasteiger partial charge in [-0.25, -0.2) is 4.98 Å². The molecule has 6 heteroatoms. The Balaban J connectivity index is 1.85. The molecular weight excluding hydrogens is 292 g/mol. The summed E-state index contributed by atoms with van der Waals surface area (Å²) in [5, 5.41) is 2.78. The fourth-order valence-electron chi connectivity index (χ4n) is 2.18. The molecule has 0 amide bonds. The van der Waals surface area contributed by atoms with Crippen molar-refractivity contribution in [2.24, 2.45) is 5.84 Å². The Morgan fingerprint density at radius 3 is 3.05 bits per heavy atom. The van der Waals surface area contributed by atoms with Gasteiger partial charge in [0.2, 0.25) is 0 Å². The van der Waals surface area contributed by atoms with Gasteiger partial charge in [0.25, 0.3) is 0 Å². The minimum atomic E-state index is -0.00212. The van der Waals surface area contributed by atoms with Crippen LogP contribution >= 0.6 is 22.9 Å². The second-order valence-electron chi connectivity index (χ2n) is 4.76. The highest BCUT2D eigenvalue weighted by atomic mass is 35.5. The van der Waals surface area contributed by atoms with Gasteiger partial charge in [-0.1, -0.05) is 23.7 Å². The summed E-state index contributed by atoms with van der Waals surface area (Å²) in [6.07, 6.45) is 4.76. The summed E-state index contributed by atoms with van der Waals surface area (Å²) in [5.74, 6) is 5.69. The van der Waals surface area contributed by atoms with Crippen LogP contribution in [0.5, 0.6) is 0 Å². The van der Waals surface area contributed by atoms with Crippen molar-refractivity contribution < 1.29 is 0 Å². The van der Waals surface area contributed by atoms with Gasteiger partial charge in [0.15, 0.2) is 4.96 Å². The van der Waals surface area contributed by atoms with Crippen molar-refractivity contribution in [1.29, 1.82) is 0 Å². The van der Waals surface area contributed by atoms with Crippen LogP contribution in [0.25, 0.3) is 4.96 Å². The maximum absolute atomic E-state index is 6.18. The number of hydrazine groups is 1. The van der Waals surface area contributed by atoms with Crippen LogP contribution in [0.3, 0.4) is 0 Å². The molecular formula is C14H15ClN4S. The maximum atomic E-state index is 6.18. The molecule has 3 rings (SSSR count). The van der Waals surface area contributed by atoms with Crippen molar-refractivity contribution in [1.82, 2.24) is 14.8 Å². The number of halogens is 1. The molecule has 0 spiro atoms. The first-order valence-electron chi connectivity index (χ1n) is 6.30. The largest absolute Gasteiger partial charge is 0.297 e. The normalized spacial score (nSPS) is 12.9. The van der Waals surface area contributed by atoms with E-state index in [0.717, 1.165) is 33.2 Å². The minimum absolute atomic E-state index is 0.00212. The molecule has 0 saturated carbocycles. The molecule has 3 aromatic rings. The Morgan fingerprint density at radius 2 is 2.35 bits per heavy atom. The number of nitrogens with one attached hydrogen (secondary N) is 1. The number of nitrogens with two attached hydrogens (primary N) is 1. The quantitative estimate of drug-likeness (QED) is 0.575. The number of fused-ring (bicyclic) bond motifs is 1. The third-order valence-corrected chi connectivity index (χ3v) is 4.53. The summed E-state index contributed by atoms with van der Waals surface area (Å²) in [5.41, 5.74) is 5.99. The van der Waals surface area contributed by atoms with E-state index >= 15 is 0 Å². The topological polar surface area (TPSA) is 55.3 Å². The van der Waals surface area contributed by atoms with Crippen LogP contribution in [0.15, 0.2) is 36.0 Å². The number of rotatable bonds is 4. The maximum Gasteiger partial charge on any atom is 0.193 e. The minimum Gasteiger partial charge on any atom is -0.297 e. The fourth-order valence-corrected chi connectivity index (χ4v) is 3.09. The van der Waals surface area contributed by atoms with Gasteiger partial charge in [0.05, 0.1) is 11.7 Å². The Bertz CT molecular complexity index is 705. The molecule has 1 unspecified atom stereocenters. The van der Waals surface area contributed by atoms with Crippen LogP contribution in [-0.4, -0.2) is 9.38 Å². The second kappa shape index (κ2) is 5.54. The average molecular weight is 307 g/mol. The van der Waals surface area contributed by atoms with Gasteiger partial charge < -0.3 is 0 Å². The standard InChI is InChI=1S/C14H15ClN4S/c1-9-2-3-10(6-12(9)15)13(18-16)7-11-8-19-4-5-20-14(19)17-11/h2-6,8,13,18H,7,16H2,1H3. The van der Waals surface area contributed by atoms with Crippen LogP contribution in [-0.2, 0) is 6.42 Å². The van der Waals surface area contributed by atoms with Crippen LogP contribution in [0, 0.1) is 6.92 Å². The fraction of sp³-hybridized carbons (Fsp3) is 0.214. The molecule has 0 bridgehead atoms. The number of hydrogen-bond donors (Lipinski definition) is 2. The number of aromatic nitrogens is 2. The molecule has 0 saturated heterocycles. The monoisotopic (exact) mass is 306 g/mol. The molecule has 0 aliphatic rings. The number of thiazole rings is 1. The van der Waals surface area contributed by atoms with Gasteiger partial charge in [-0.05, 0) is 24.1 Å². The predicted octanol–water partition coefficient (Wildman–Crippen LogP) is 3.10. The number of hydrogen-bond acceptors (Lipinski definition) is 4. The molecule has 1 aromatic carbocycles. The van der Waals surface area contributed by atoms with Crippen molar-refractivity contribution in [3.05, 3.63) is 57.8 Å². The highest BCUT2D eigenvalue weighted by molar-refractivity contribution is 7.15. The lowest BCUT2D eigenvalue weighted by Crippen LogP contribution is -2.29. The summed E-state index contributed by atoms with van der Waals surface area (Å²) >= 11 is 7.80. The summed E-state index contributed by atoms with van der Waals surface area (Å²) in [7, 11) is 0. The molecule has 3 N–H and O–H groups in total. The Morgan fingerprint density at radius 1 is 1.50 bits per heavy atom. The van der Waals surface area contributed by atoms with Gasteiger partial charge in [0.1, 0.15) is 0 Å². The van der Waals surface area contributed by atoms with Crippen LogP contribution in [0.1, 0.15) is 22.9 Å². The number of benzene rings is 1. The smallest absolute Gasteiger partial charge is 0.193 e. The van der Waals surface area contributed by atoms with Crippen molar-refractivity contribution >= 4 is 27.9 Å². The molecule has 2 heterocycles.